The van der Waals surface area contributed by atoms with E-state index in [0.29, 0.717) is 11.9 Å². The highest BCUT2D eigenvalue weighted by atomic mass is 32.2. The molecule has 7 heteroatoms. The van der Waals surface area contributed by atoms with Gasteiger partial charge in [-0.15, -0.1) is 0 Å². The third-order valence-electron chi connectivity index (χ3n) is 2.82. The first-order chi connectivity index (χ1) is 9.01. The van der Waals surface area contributed by atoms with Gasteiger partial charge in [0, 0.05) is 25.2 Å². The number of nitrogens with two attached hydrogens (primary N) is 1. The minimum Gasteiger partial charge on any atom is -0.353 e. The maximum Gasteiger partial charge on any atom is 0.191 e. The van der Waals surface area contributed by atoms with Crippen molar-refractivity contribution in [3.63, 3.8) is 0 Å². The van der Waals surface area contributed by atoms with Crippen molar-refractivity contribution in [2.45, 2.75) is 25.0 Å². The molecule has 6 nitrogen and oxygen atoms in total. The van der Waals surface area contributed by atoms with Crippen molar-refractivity contribution < 1.29 is 0 Å². The molecule has 3 N–H and O–H groups in total. The van der Waals surface area contributed by atoms with Crippen LogP contribution in [0.4, 0.5) is 11.6 Å². The minimum absolute atomic E-state index is 0.371. The fourth-order valence-corrected chi connectivity index (χ4v) is 2.43. The molecule has 0 aliphatic carbocycles. The molecule has 108 valence electrons. The van der Waals surface area contributed by atoms with Crippen molar-refractivity contribution in [1.82, 2.24) is 14.9 Å². The predicted molar refractivity (Wildman–Crippen MR) is 82.7 cm³/mol. The van der Waals surface area contributed by atoms with Crippen molar-refractivity contribution in [3.8, 4) is 0 Å². The maximum absolute atomic E-state index is 5.46. The van der Waals surface area contributed by atoms with E-state index in [1.54, 1.807) is 0 Å². The lowest BCUT2D eigenvalue weighted by atomic mass is 10.2. The Balaban J connectivity index is 3.02. The van der Waals surface area contributed by atoms with E-state index in [1.807, 2.05) is 12.3 Å². The Hall–Kier alpha value is -1.05. The van der Waals surface area contributed by atoms with Crippen LogP contribution >= 0.6 is 11.8 Å². The number of hydrogen-bond donors (Lipinski definition) is 2. The zero-order valence-electron chi connectivity index (χ0n) is 12.3. The fraction of sp³-hybridized carbons (Fsp3) is 0.667. The van der Waals surface area contributed by atoms with E-state index in [2.05, 4.69) is 53.1 Å². The Bertz CT molecular complexity index is 376. The van der Waals surface area contributed by atoms with E-state index in [1.165, 1.54) is 11.8 Å². The molecule has 0 saturated carbocycles. The highest BCUT2D eigenvalue weighted by Crippen LogP contribution is 2.21. The third kappa shape index (κ3) is 4.52. The van der Waals surface area contributed by atoms with Crippen LogP contribution in [0.25, 0.3) is 0 Å². The monoisotopic (exact) mass is 284 g/mol. The minimum atomic E-state index is 0.371. The molecular weight excluding hydrogens is 260 g/mol. The van der Waals surface area contributed by atoms with Gasteiger partial charge in [0.2, 0.25) is 0 Å². The number of likely N-dealkylation sites (N-methyl/N-ethyl adjacent to an activating group) is 2. The van der Waals surface area contributed by atoms with Gasteiger partial charge in [0.15, 0.2) is 5.16 Å². The molecule has 0 amide bonds. The lowest BCUT2D eigenvalue weighted by Crippen LogP contribution is -2.40. The second-order valence-electron chi connectivity index (χ2n) is 4.64. The summed E-state index contributed by atoms with van der Waals surface area (Å²) in [5.74, 6) is 7.01. The quantitative estimate of drug-likeness (QED) is 0.338. The van der Waals surface area contributed by atoms with Crippen LogP contribution in [-0.4, -0.2) is 54.4 Å². The molecule has 1 heterocycles. The number of hydrazine groups is 1. The molecule has 0 spiro atoms. The summed E-state index contributed by atoms with van der Waals surface area (Å²) in [6.07, 6.45) is 1.96. The highest BCUT2D eigenvalue weighted by molar-refractivity contribution is 7.98. The summed E-state index contributed by atoms with van der Waals surface area (Å²) >= 11 is 1.51. The topological polar surface area (TPSA) is 70.3 Å². The molecule has 19 heavy (non-hydrogen) atoms. The van der Waals surface area contributed by atoms with E-state index in [0.717, 1.165) is 24.1 Å². The van der Waals surface area contributed by atoms with Gasteiger partial charge in [-0.2, -0.15) is 0 Å². The summed E-state index contributed by atoms with van der Waals surface area (Å²) in [5, 5.41) is 0.723. The zero-order chi connectivity index (χ0) is 14.4. The number of hydrogen-bond acceptors (Lipinski definition) is 7. The molecule has 1 unspecified atom stereocenters. The second-order valence-corrected chi connectivity index (χ2v) is 5.41. The van der Waals surface area contributed by atoms with Gasteiger partial charge in [-0.05, 0) is 34.2 Å². The number of nitrogen functional groups attached to an aromatic ring is 1. The normalized spacial score (nSPS) is 12.6. The van der Waals surface area contributed by atoms with Gasteiger partial charge in [0.25, 0.3) is 0 Å². The maximum atomic E-state index is 5.46. The number of rotatable bonds is 7. The van der Waals surface area contributed by atoms with Gasteiger partial charge in [0.1, 0.15) is 11.6 Å². The highest BCUT2D eigenvalue weighted by Gasteiger charge is 2.16. The van der Waals surface area contributed by atoms with E-state index in [-0.39, 0.29) is 0 Å². The number of nitrogens with zero attached hydrogens (tertiary/aromatic N) is 4. The van der Waals surface area contributed by atoms with Crippen molar-refractivity contribution >= 4 is 23.4 Å². The van der Waals surface area contributed by atoms with Crippen LogP contribution in [-0.2, 0) is 0 Å². The fourth-order valence-electron chi connectivity index (χ4n) is 2.05. The average molecular weight is 284 g/mol. The molecule has 1 aromatic rings. The lowest BCUT2D eigenvalue weighted by molar-refractivity contribution is 0.372. The number of aromatic nitrogens is 2. The molecule has 1 atom stereocenters. The number of nitrogens with one attached hydrogen (secondary N) is 1. The predicted octanol–water partition coefficient (Wildman–Crippen LogP) is 1.26. The standard InChI is InChI=1S/C12H24N6S/c1-6-18(9(2)8-17(3)4)11-7-10(16-13)14-12(15-11)19-5/h7,9H,6,8,13H2,1-5H3,(H,14,15,16). The Morgan fingerprint density at radius 2 is 2.11 bits per heavy atom. The van der Waals surface area contributed by atoms with Crippen molar-refractivity contribution in [2.75, 3.05) is 43.8 Å². The van der Waals surface area contributed by atoms with Crippen molar-refractivity contribution in [1.29, 1.82) is 0 Å². The van der Waals surface area contributed by atoms with Gasteiger partial charge >= 0.3 is 0 Å². The zero-order valence-corrected chi connectivity index (χ0v) is 13.2. The lowest BCUT2D eigenvalue weighted by Gasteiger charge is -2.31. The van der Waals surface area contributed by atoms with Crippen LogP contribution in [0.1, 0.15) is 13.8 Å². The molecular formula is C12H24N6S. The Morgan fingerprint density at radius 3 is 2.58 bits per heavy atom. The summed E-state index contributed by atoms with van der Waals surface area (Å²) in [4.78, 5) is 13.3. The van der Waals surface area contributed by atoms with Gasteiger partial charge in [0.05, 0.1) is 0 Å². The van der Waals surface area contributed by atoms with E-state index in [4.69, 9.17) is 5.84 Å². The Labute approximate surface area is 119 Å². The third-order valence-corrected chi connectivity index (χ3v) is 3.37. The van der Waals surface area contributed by atoms with E-state index < -0.39 is 0 Å². The molecule has 0 aliphatic heterocycles. The molecule has 0 fully saturated rings. The number of anilines is 2. The summed E-state index contributed by atoms with van der Waals surface area (Å²) in [6.45, 7) is 6.18. The average Bonchev–Trinajstić information content (AvgIpc) is 2.38. The first-order valence-corrected chi connectivity index (χ1v) is 7.55. The van der Waals surface area contributed by atoms with Gasteiger partial charge < -0.3 is 15.2 Å². The summed E-state index contributed by atoms with van der Waals surface area (Å²) < 4.78 is 0. The molecule has 0 radical (unpaired) electrons. The molecule has 1 rings (SSSR count). The summed E-state index contributed by atoms with van der Waals surface area (Å²) in [7, 11) is 4.15. The van der Waals surface area contributed by atoms with Crippen molar-refractivity contribution in [2.24, 2.45) is 5.84 Å². The van der Waals surface area contributed by atoms with E-state index in [9.17, 15) is 0 Å². The smallest absolute Gasteiger partial charge is 0.191 e. The molecule has 0 saturated heterocycles. The van der Waals surface area contributed by atoms with Crippen LogP contribution in [0.5, 0.6) is 0 Å². The second kappa shape index (κ2) is 7.52. The number of thioether (sulfide) groups is 1. The van der Waals surface area contributed by atoms with E-state index >= 15 is 0 Å². The Kier molecular flexibility index (Phi) is 6.33. The molecule has 1 aromatic heterocycles. The first kappa shape index (κ1) is 16.0. The SMILES string of the molecule is CCN(c1cc(NN)nc(SC)n1)C(C)CN(C)C. The van der Waals surface area contributed by atoms with Crippen LogP contribution in [0.3, 0.4) is 0 Å². The van der Waals surface area contributed by atoms with Gasteiger partial charge in [-0.1, -0.05) is 11.8 Å². The molecule has 0 aliphatic rings. The van der Waals surface area contributed by atoms with Crippen LogP contribution < -0.4 is 16.2 Å². The Morgan fingerprint density at radius 1 is 1.42 bits per heavy atom. The largest absolute Gasteiger partial charge is 0.353 e. The van der Waals surface area contributed by atoms with Gasteiger partial charge in [-0.25, -0.2) is 15.8 Å². The summed E-state index contributed by atoms with van der Waals surface area (Å²) in [6, 6.07) is 2.25. The van der Waals surface area contributed by atoms with Crippen molar-refractivity contribution in [3.05, 3.63) is 6.07 Å². The van der Waals surface area contributed by atoms with Crippen LogP contribution in [0.2, 0.25) is 0 Å². The molecule has 0 aromatic carbocycles. The van der Waals surface area contributed by atoms with Crippen LogP contribution in [0.15, 0.2) is 11.2 Å². The van der Waals surface area contributed by atoms with Crippen LogP contribution in [0, 0.1) is 0 Å². The molecule has 0 bridgehead atoms. The van der Waals surface area contributed by atoms with Gasteiger partial charge in [-0.3, -0.25) is 0 Å². The summed E-state index contributed by atoms with van der Waals surface area (Å²) in [5.41, 5.74) is 2.60. The first-order valence-electron chi connectivity index (χ1n) is 6.32.